The predicted octanol–water partition coefficient (Wildman–Crippen LogP) is 4.68. The van der Waals surface area contributed by atoms with Gasteiger partial charge < -0.3 is 0 Å². The highest BCUT2D eigenvalue weighted by molar-refractivity contribution is 7.17. The van der Waals surface area contributed by atoms with E-state index in [0.29, 0.717) is 16.2 Å². The minimum atomic E-state index is -0.605. The molecule has 0 unspecified atom stereocenters. The van der Waals surface area contributed by atoms with Gasteiger partial charge in [0.1, 0.15) is 11.6 Å². The van der Waals surface area contributed by atoms with Crippen LogP contribution in [0.3, 0.4) is 0 Å². The van der Waals surface area contributed by atoms with Crippen molar-refractivity contribution in [2.75, 3.05) is 0 Å². The van der Waals surface area contributed by atoms with E-state index >= 15 is 0 Å². The molecule has 0 spiro atoms. The van der Waals surface area contributed by atoms with Gasteiger partial charge in [0.25, 0.3) is 0 Å². The molecule has 0 aliphatic heterocycles. The van der Waals surface area contributed by atoms with Gasteiger partial charge in [0.2, 0.25) is 0 Å². The van der Waals surface area contributed by atoms with Gasteiger partial charge in [-0.05, 0) is 30.7 Å². The summed E-state index contributed by atoms with van der Waals surface area (Å²) < 4.78 is 27.2. The summed E-state index contributed by atoms with van der Waals surface area (Å²) in [6, 6.07) is 6.97. The molecular formula is C14H12F2OS. The maximum atomic E-state index is 13.6. The molecule has 1 aromatic heterocycles. The molecule has 0 radical (unpaired) electrons. The third-order valence-corrected chi connectivity index (χ3v) is 3.71. The zero-order chi connectivity index (χ0) is 13.1. The second-order valence-electron chi connectivity index (χ2n) is 3.93. The lowest BCUT2D eigenvalue weighted by atomic mass is 10.1. The summed E-state index contributed by atoms with van der Waals surface area (Å²) in [6.07, 6.45) is 1.22. The van der Waals surface area contributed by atoms with E-state index in [1.807, 2.05) is 6.92 Å². The fourth-order valence-electron chi connectivity index (χ4n) is 1.71. The largest absolute Gasteiger partial charge is 0.293 e. The summed E-state index contributed by atoms with van der Waals surface area (Å²) in [7, 11) is 0. The van der Waals surface area contributed by atoms with E-state index in [9.17, 15) is 13.6 Å². The van der Waals surface area contributed by atoms with Gasteiger partial charge in [-0.1, -0.05) is 13.0 Å². The molecule has 0 fully saturated rings. The Morgan fingerprint density at radius 3 is 2.44 bits per heavy atom. The lowest BCUT2D eigenvalue weighted by molar-refractivity contribution is 0.0985. The first-order chi connectivity index (χ1) is 8.63. The normalized spacial score (nSPS) is 10.6. The number of ketones is 1. The number of carbonyl (C=O) groups is 1. The maximum Gasteiger partial charge on any atom is 0.172 e. The van der Waals surface area contributed by atoms with Crippen LogP contribution in [0.2, 0.25) is 0 Å². The van der Waals surface area contributed by atoms with Crippen molar-refractivity contribution in [3.8, 4) is 10.4 Å². The molecule has 0 aliphatic carbocycles. The smallest absolute Gasteiger partial charge is 0.172 e. The number of halogens is 2. The van der Waals surface area contributed by atoms with E-state index in [4.69, 9.17) is 0 Å². The van der Waals surface area contributed by atoms with Crippen molar-refractivity contribution in [1.82, 2.24) is 0 Å². The second-order valence-corrected chi connectivity index (χ2v) is 5.02. The molecule has 1 heterocycles. The summed E-state index contributed by atoms with van der Waals surface area (Å²) in [5.74, 6) is -1.19. The summed E-state index contributed by atoms with van der Waals surface area (Å²) in [5.41, 5.74) is -0.0574. The van der Waals surface area contributed by atoms with E-state index in [2.05, 4.69) is 0 Å². The van der Waals surface area contributed by atoms with Crippen LogP contribution in [0.25, 0.3) is 10.4 Å². The summed E-state index contributed by atoms with van der Waals surface area (Å²) >= 11 is 1.13. The summed E-state index contributed by atoms with van der Waals surface area (Å²) in [4.78, 5) is 12.7. The number of benzene rings is 1. The first-order valence-corrected chi connectivity index (χ1v) is 6.52. The highest BCUT2D eigenvalue weighted by atomic mass is 32.1. The van der Waals surface area contributed by atoms with Crippen LogP contribution in [0.15, 0.2) is 30.3 Å². The molecule has 94 valence electrons. The van der Waals surface area contributed by atoms with Gasteiger partial charge in [-0.25, -0.2) is 8.78 Å². The quantitative estimate of drug-likeness (QED) is 0.734. The standard InChI is InChI=1S/C14H12F2OS/c1-2-4-11(17)12-7-8-13(18-12)14-9(15)5-3-6-10(14)16/h3,5-8H,2,4H2,1H3. The van der Waals surface area contributed by atoms with Crippen LogP contribution in [0.5, 0.6) is 0 Å². The molecule has 2 rings (SSSR count). The Balaban J connectivity index is 2.38. The average molecular weight is 266 g/mol. The molecule has 0 saturated heterocycles. The molecule has 0 amide bonds. The lowest BCUT2D eigenvalue weighted by Crippen LogP contribution is -1.93. The average Bonchev–Trinajstić information content (AvgIpc) is 2.78. The molecule has 0 aliphatic rings. The van der Waals surface area contributed by atoms with E-state index in [1.54, 1.807) is 12.1 Å². The first kappa shape index (κ1) is 12.9. The van der Waals surface area contributed by atoms with Crippen molar-refractivity contribution in [2.24, 2.45) is 0 Å². The fourth-order valence-corrected chi connectivity index (χ4v) is 2.73. The highest BCUT2D eigenvalue weighted by Crippen LogP contribution is 2.32. The van der Waals surface area contributed by atoms with Crippen molar-refractivity contribution in [3.63, 3.8) is 0 Å². The first-order valence-electron chi connectivity index (χ1n) is 5.71. The molecular weight excluding hydrogens is 254 g/mol. The fraction of sp³-hybridized carbons (Fsp3) is 0.214. The van der Waals surface area contributed by atoms with Crippen LogP contribution in [-0.4, -0.2) is 5.78 Å². The molecule has 0 bridgehead atoms. The van der Waals surface area contributed by atoms with Crippen LogP contribution in [0.1, 0.15) is 29.4 Å². The number of hydrogen-bond acceptors (Lipinski definition) is 2. The van der Waals surface area contributed by atoms with Crippen LogP contribution < -0.4 is 0 Å². The van der Waals surface area contributed by atoms with Crippen molar-refractivity contribution >= 4 is 17.1 Å². The van der Waals surface area contributed by atoms with Gasteiger partial charge in [-0.2, -0.15) is 0 Å². The minimum absolute atomic E-state index is 0.0190. The van der Waals surface area contributed by atoms with E-state index in [1.165, 1.54) is 18.2 Å². The Bertz CT molecular complexity index is 555. The Hall–Kier alpha value is -1.55. The Labute approximate surface area is 108 Å². The molecule has 0 atom stereocenters. The highest BCUT2D eigenvalue weighted by Gasteiger charge is 2.15. The number of carbonyl (C=O) groups excluding carboxylic acids is 1. The van der Waals surface area contributed by atoms with Gasteiger partial charge in [0, 0.05) is 11.3 Å². The Kier molecular flexibility index (Phi) is 3.87. The zero-order valence-corrected chi connectivity index (χ0v) is 10.7. The third kappa shape index (κ3) is 2.48. The van der Waals surface area contributed by atoms with Gasteiger partial charge in [0.05, 0.1) is 10.4 Å². The van der Waals surface area contributed by atoms with E-state index in [-0.39, 0.29) is 11.3 Å². The maximum absolute atomic E-state index is 13.6. The van der Waals surface area contributed by atoms with Crippen LogP contribution in [0.4, 0.5) is 8.78 Å². The van der Waals surface area contributed by atoms with Gasteiger partial charge >= 0.3 is 0 Å². The summed E-state index contributed by atoms with van der Waals surface area (Å²) in [6.45, 7) is 1.92. The number of Topliss-reactive ketones (excluding diaryl/α,β-unsaturated/α-hetero) is 1. The SMILES string of the molecule is CCCC(=O)c1ccc(-c2c(F)cccc2F)s1. The number of hydrogen-bond donors (Lipinski definition) is 0. The zero-order valence-electron chi connectivity index (χ0n) is 9.87. The molecule has 2 aromatic rings. The topological polar surface area (TPSA) is 17.1 Å². The number of thiophene rings is 1. The van der Waals surface area contributed by atoms with E-state index in [0.717, 1.165) is 17.8 Å². The molecule has 0 N–H and O–H groups in total. The monoisotopic (exact) mass is 266 g/mol. The van der Waals surface area contributed by atoms with E-state index < -0.39 is 11.6 Å². The van der Waals surface area contributed by atoms with Gasteiger partial charge in [-0.3, -0.25) is 4.79 Å². The summed E-state index contributed by atoms with van der Waals surface area (Å²) in [5, 5.41) is 0. The molecule has 1 nitrogen and oxygen atoms in total. The molecule has 0 saturated carbocycles. The number of rotatable bonds is 4. The molecule has 18 heavy (non-hydrogen) atoms. The second kappa shape index (κ2) is 5.40. The van der Waals surface area contributed by atoms with Crippen LogP contribution in [0, 0.1) is 11.6 Å². The van der Waals surface area contributed by atoms with Crippen LogP contribution in [-0.2, 0) is 0 Å². The molecule has 1 aromatic carbocycles. The minimum Gasteiger partial charge on any atom is -0.293 e. The van der Waals surface area contributed by atoms with Crippen molar-refractivity contribution in [3.05, 3.63) is 46.8 Å². The van der Waals surface area contributed by atoms with Gasteiger partial charge in [0.15, 0.2) is 5.78 Å². The molecule has 4 heteroatoms. The predicted molar refractivity (Wildman–Crippen MR) is 68.9 cm³/mol. The van der Waals surface area contributed by atoms with Crippen molar-refractivity contribution < 1.29 is 13.6 Å². The Morgan fingerprint density at radius 1 is 1.17 bits per heavy atom. The van der Waals surface area contributed by atoms with Crippen LogP contribution >= 0.6 is 11.3 Å². The third-order valence-electron chi connectivity index (χ3n) is 2.57. The lowest BCUT2D eigenvalue weighted by Gasteiger charge is -2.01. The van der Waals surface area contributed by atoms with Crippen molar-refractivity contribution in [2.45, 2.75) is 19.8 Å². The Morgan fingerprint density at radius 2 is 1.83 bits per heavy atom. The van der Waals surface area contributed by atoms with Crippen molar-refractivity contribution in [1.29, 1.82) is 0 Å². The van der Waals surface area contributed by atoms with Gasteiger partial charge in [-0.15, -0.1) is 11.3 Å².